The van der Waals surface area contributed by atoms with Crippen LogP contribution in [0.4, 0.5) is 5.69 Å². The van der Waals surface area contributed by atoms with Gasteiger partial charge in [-0.3, -0.25) is 4.79 Å². The van der Waals surface area contributed by atoms with E-state index in [-0.39, 0.29) is 11.7 Å². The van der Waals surface area contributed by atoms with E-state index in [2.05, 4.69) is 10.6 Å². The number of anilines is 1. The van der Waals surface area contributed by atoms with Gasteiger partial charge in [0.2, 0.25) is 5.91 Å². The van der Waals surface area contributed by atoms with E-state index in [4.69, 9.17) is 0 Å². The number of phenols is 1. The summed E-state index contributed by atoms with van der Waals surface area (Å²) in [5.74, 6) is 0.180. The van der Waals surface area contributed by atoms with Crippen LogP contribution in [0, 0.1) is 6.92 Å². The van der Waals surface area contributed by atoms with Gasteiger partial charge in [0.1, 0.15) is 5.75 Å². The van der Waals surface area contributed by atoms with E-state index in [1.54, 1.807) is 25.2 Å². The summed E-state index contributed by atoms with van der Waals surface area (Å²) in [6.07, 6.45) is 0.441. The van der Waals surface area contributed by atoms with Crippen molar-refractivity contribution in [2.24, 2.45) is 0 Å². The minimum atomic E-state index is -0.0295. The zero-order valence-corrected chi connectivity index (χ0v) is 9.00. The number of carbonyl (C=O) groups excluding carboxylic acids is 1. The highest BCUT2D eigenvalue weighted by atomic mass is 16.3. The van der Waals surface area contributed by atoms with Crippen molar-refractivity contribution in [3.8, 4) is 5.75 Å². The number of phenolic OH excluding ortho intramolecular Hbond substituents is 1. The first kappa shape index (κ1) is 11.5. The first-order valence-electron chi connectivity index (χ1n) is 4.87. The molecule has 0 aliphatic rings. The molecule has 1 amide bonds. The number of aromatic hydroxyl groups is 1. The van der Waals surface area contributed by atoms with Crippen LogP contribution < -0.4 is 10.6 Å². The number of nitrogens with one attached hydrogen (secondary N) is 2. The maximum Gasteiger partial charge on any atom is 0.225 e. The lowest BCUT2D eigenvalue weighted by molar-refractivity contribution is -0.116. The van der Waals surface area contributed by atoms with Crippen LogP contribution in [0.2, 0.25) is 0 Å². The van der Waals surface area contributed by atoms with Gasteiger partial charge in [0, 0.05) is 18.7 Å². The van der Waals surface area contributed by atoms with Crippen LogP contribution in [-0.2, 0) is 4.79 Å². The van der Waals surface area contributed by atoms with Gasteiger partial charge in [-0.25, -0.2) is 0 Å². The predicted octanol–water partition coefficient (Wildman–Crippen LogP) is 1.25. The minimum Gasteiger partial charge on any atom is -0.508 e. The van der Waals surface area contributed by atoms with Gasteiger partial charge in [-0.2, -0.15) is 0 Å². The van der Waals surface area contributed by atoms with Gasteiger partial charge in [0.15, 0.2) is 0 Å². The van der Waals surface area contributed by atoms with Crippen molar-refractivity contribution >= 4 is 11.6 Å². The van der Waals surface area contributed by atoms with E-state index in [1.807, 2.05) is 6.92 Å². The number of rotatable bonds is 4. The van der Waals surface area contributed by atoms with Crippen LogP contribution >= 0.6 is 0 Å². The SMILES string of the molecule is CNCCC(=O)Nc1ccc(O)cc1C. The molecule has 0 unspecified atom stereocenters. The van der Waals surface area contributed by atoms with Crippen LogP contribution in [0.5, 0.6) is 5.75 Å². The number of carbonyl (C=O) groups is 1. The van der Waals surface area contributed by atoms with Crippen molar-refractivity contribution in [1.29, 1.82) is 0 Å². The lowest BCUT2D eigenvalue weighted by Crippen LogP contribution is -2.19. The Hall–Kier alpha value is -1.55. The van der Waals surface area contributed by atoms with E-state index in [1.165, 1.54) is 0 Å². The molecule has 0 aromatic heterocycles. The summed E-state index contributed by atoms with van der Waals surface area (Å²) in [6, 6.07) is 4.87. The van der Waals surface area contributed by atoms with Crippen LogP contribution in [0.1, 0.15) is 12.0 Å². The fourth-order valence-corrected chi connectivity index (χ4v) is 1.24. The summed E-state index contributed by atoms with van der Waals surface area (Å²) < 4.78 is 0. The highest BCUT2D eigenvalue weighted by Crippen LogP contribution is 2.19. The Kier molecular flexibility index (Phi) is 4.12. The normalized spacial score (nSPS) is 10.0. The Morgan fingerprint density at radius 3 is 2.80 bits per heavy atom. The molecule has 0 saturated heterocycles. The van der Waals surface area contributed by atoms with Crippen LogP contribution in [0.25, 0.3) is 0 Å². The Morgan fingerprint density at radius 1 is 1.47 bits per heavy atom. The van der Waals surface area contributed by atoms with E-state index in [9.17, 15) is 9.90 Å². The van der Waals surface area contributed by atoms with Crippen molar-refractivity contribution in [3.63, 3.8) is 0 Å². The summed E-state index contributed by atoms with van der Waals surface area (Å²) >= 11 is 0. The molecule has 4 heteroatoms. The molecule has 0 spiro atoms. The number of amides is 1. The summed E-state index contributed by atoms with van der Waals surface area (Å²) in [7, 11) is 1.80. The molecular weight excluding hydrogens is 192 g/mol. The van der Waals surface area contributed by atoms with E-state index < -0.39 is 0 Å². The Balaban J connectivity index is 2.60. The number of hydrogen-bond donors (Lipinski definition) is 3. The predicted molar refractivity (Wildman–Crippen MR) is 60.0 cm³/mol. The number of hydrogen-bond acceptors (Lipinski definition) is 3. The Bertz CT molecular complexity index is 350. The lowest BCUT2D eigenvalue weighted by atomic mass is 10.2. The quantitative estimate of drug-likeness (QED) is 0.652. The Labute approximate surface area is 89.3 Å². The highest BCUT2D eigenvalue weighted by molar-refractivity contribution is 5.91. The third-order valence-corrected chi connectivity index (χ3v) is 2.09. The van der Waals surface area contributed by atoms with Gasteiger partial charge < -0.3 is 15.7 Å². The summed E-state index contributed by atoms with van der Waals surface area (Å²) in [4.78, 5) is 11.4. The molecule has 0 heterocycles. The largest absolute Gasteiger partial charge is 0.508 e. The zero-order chi connectivity index (χ0) is 11.3. The van der Waals surface area contributed by atoms with Crippen molar-refractivity contribution in [3.05, 3.63) is 23.8 Å². The fourth-order valence-electron chi connectivity index (χ4n) is 1.24. The third-order valence-electron chi connectivity index (χ3n) is 2.09. The molecule has 15 heavy (non-hydrogen) atoms. The average Bonchev–Trinajstić information content (AvgIpc) is 2.19. The molecule has 4 nitrogen and oxygen atoms in total. The standard InChI is InChI=1S/C11H16N2O2/c1-8-7-9(14)3-4-10(8)13-11(15)5-6-12-2/h3-4,7,12,14H,5-6H2,1-2H3,(H,13,15). The van der Waals surface area contributed by atoms with Gasteiger partial charge in [-0.05, 0) is 37.7 Å². The topological polar surface area (TPSA) is 61.4 Å². The molecule has 82 valence electrons. The molecule has 0 fully saturated rings. The molecule has 1 aromatic rings. The van der Waals surface area contributed by atoms with Crippen molar-refractivity contribution in [1.82, 2.24) is 5.32 Å². The molecule has 0 bridgehead atoms. The molecule has 0 aliphatic heterocycles. The third kappa shape index (κ3) is 3.59. The second-order valence-corrected chi connectivity index (χ2v) is 3.40. The summed E-state index contributed by atoms with van der Waals surface area (Å²) in [5.41, 5.74) is 1.60. The average molecular weight is 208 g/mol. The van der Waals surface area contributed by atoms with E-state index >= 15 is 0 Å². The number of benzene rings is 1. The fraction of sp³-hybridized carbons (Fsp3) is 0.364. The van der Waals surface area contributed by atoms with Gasteiger partial charge >= 0.3 is 0 Å². The van der Waals surface area contributed by atoms with Crippen LogP contribution in [0.15, 0.2) is 18.2 Å². The molecule has 0 aliphatic carbocycles. The second-order valence-electron chi connectivity index (χ2n) is 3.40. The smallest absolute Gasteiger partial charge is 0.225 e. The highest BCUT2D eigenvalue weighted by Gasteiger charge is 2.04. The maximum atomic E-state index is 11.4. The van der Waals surface area contributed by atoms with Crippen LogP contribution in [0.3, 0.4) is 0 Å². The van der Waals surface area contributed by atoms with Crippen molar-refractivity contribution in [2.75, 3.05) is 18.9 Å². The molecule has 0 atom stereocenters. The monoisotopic (exact) mass is 208 g/mol. The second kappa shape index (κ2) is 5.36. The van der Waals surface area contributed by atoms with Crippen molar-refractivity contribution < 1.29 is 9.90 Å². The molecule has 1 rings (SSSR count). The summed E-state index contributed by atoms with van der Waals surface area (Å²) in [6.45, 7) is 2.50. The zero-order valence-electron chi connectivity index (χ0n) is 9.00. The molecule has 3 N–H and O–H groups in total. The van der Waals surface area contributed by atoms with Gasteiger partial charge in [-0.1, -0.05) is 0 Å². The molecule has 1 aromatic carbocycles. The van der Waals surface area contributed by atoms with Gasteiger partial charge in [-0.15, -0.1) is 0 Å². The first-order valence-corrected chi connectivity index (χ1v) is 4.87. The first-order chi connectivity index (χ1) is 7.13. The molecule has 0 radical (unpaired) electrons. The van der Waals surface area contributed by atoms with E-state index in [0.717, 1.165) is 11.3 Å². The Morgan fingerprint density at radius 2 is 2.20 bits per heavy atom. The van der Waals surface area contributed by atoms with Crippen molar-refractivity contribution in [2.45, 2.75) is 13.3 Å². The van der Waals surface area contributed by atoms with Gasteiger partial charge in [0.25, 0.3) is 0 Å². The van der Waals surface area contributed by atoms with E-state index in [0.29, 0.717) is 13.0 Å². The molecular formula is C11H16N2O2. The summed E-state index contributed by atoms with van der Waals surface area (Å²) in [5, 5.41) is 14.9. The lowest BCUT2D eigenvalue weighted by Gasteiger charge is -2.08. The number of aryl methyl sites for hydroxylation is 1. The molecule has 0 saturated carbocycles. The minimum absolute atomic E-state index is 0.0295. The van der Waals surface area contributed by atoms with Gasteiger partial charge in [0.05, 0.1) is 0 Å². The van der Waals surface area contributed by atoms with Crippen LogP contribution in [-0.4, -0.2) is 24.6 Å². The maximum absolute atomic E-state index is 11.4.